The summed E-state index contributed by atoms with van der Waals surface area (Å²) in [5.41, 5.74) is 1.52. The van der Waals surface area contributed by atoms with Crippen molar-refractivity contribution in [1.82, 2.24) is 24.1 Å². The molecule has 5 rings (SSSR count). The summed E-state index contributed by atoms with van der Waals surface area (Å²) in [6.07, 6.45) is -0.610. The fraction of sp³-hybridized carbons (Fsp3) is 0.500. The van der Waals surface area contributed by atoms with E-state index >= 15 is 0 Å². The number of aliphatic hydroxyl groups excluding tert-OH is 4. The van der Waals surface area contributed by atoms with Crippen molar-refractivity contribution < 1.29 is 25.2 Å². The Morgan fingerprint density at radius 3 is 2.87 bits per heavy atom. The van der Waals surface area contributed by atoms with Crippen LogP contribution < -0.4 is 10.9 Å². The van der Waals surface area contributed by atoms with Gasteiger partial charge in [-0.05, 0) is 12.5 Å². The first-order valence-electron chi connectivity index (χ1n) is 9.66. The van der Waals surface area contributed by atoms with Gasteiger partial charge in [0.1, 0.15) is 18.3 Å². The molecule has 12 heteroatoms. The van der Waals surface area contributed by atoms with Crippen LogP contribution >= 0.6 is 0 Å². The zero-order valence-electron chi connectivity index (χ0n) is 15.8. The first-order chi connectivity index (χ1) is 14.5. The van der Waals surface area contributed by atoms with Crippen LogP contribution in [0.25, 0.3) is 11.2 Å². The zero-order valence-corrected chi connectivity index (χ0v) is 15.8. The number of nitrogens with zero attached hydrogens (tertiary/aromatic N) is 4. The van der Waals surface area contributed by atoms with E-state index in [0.717, 1.165) is 24.2 Å². The Morgan fingerprint density at radius 1 is 1.30 bits per heavy atom. The van der Waals surface area contributed by atoms with Gasteiger partial charge in [0.2, 0.25) is 5.95 Å². The number of rotatable bonds is 5. The second kappa shape index (κ2) is 7.18. The predicted molar refractivity (Wildman–Crippen MR) is 102 cm³/mol. The normalized spacial score (nSPS) is 28.3. The number of anilines is 1. The number of imidazole rings is 1. The van der Waals surface area contributed by atoms with Crippen molar-refractivity contribution in [1.29, 1.82) is 0 Å². The maximum Gasteiger partial charge on any atom is 0.280 e. The molecule has 3 aromatic rings. The minimum Gasteiger partial charge on any atom is -0.394 e. The molecule has 0 aromatic carbocycles. The van der Waals surface area contributed by atoms with Gasteiger partial charge in [-0.25, -0.2) is 4.98 Å². The van der Waals surface area contributed by atoms with Crippen molar-refractivity contribution in [2.45, 2.75) is 50.2 Å². The third-order valence-electron chi connectivity index (χ3n) is 5.79. The highest BCUT2D eigenvalue weighted by atomic mass is 16.6. The SMILES string of the molecule is O=c1[nH]c(N[C@@H]2CCn3ccc(CO)c32)nc2c1ncn2[C@@H]1O[C@H](CO)[C@@H](O)[C@H]1O. The van der Waals surface area contributed by atoms with Crippen molar-refractivity contribution in [3.05, 3.63) is 40.2 Å². The Hall–Kier alpha value is -2.77. The minimum absolute atomic E-state index is 0.0594. The molecule has 5 heterocycles. The van der Waals surface area contributed by atoms with Crippen LogP contribution in [0.2, 0.25) is 0 Å². The molecular weight excluding hydrogens is 396 g/mol. The average Bonchev–Trinajstić information content (AvgIpc) is 3.48. The molecule has 0 bridgehead atoms. The number of ether oxygens (including phenoxy) is 1. The largest absolute Gasteiger partial charge is 0.394 e. The number of aromatic amines is 1. The smallest absolute Gasteiger partial charge is 0.280 e. The molecule has 0 saturated carbocycles. The van der Waals surface area contributed by atoms with E-state index in [1.54, 1.807) is 0 Å². The lowest BCUT2D eigenvalue weighted by molar-refractivity contribution is -0.0511. The molecule has 12 nitrogen and oxygen atoms in total. The lowest BCUT2D eigenvalue weighted by Gasteiger charge is -2.17. The first-order valence-corrected chi connectivity index (χ1v) is 9.66. The van der Waals surface area contributed by atoms with Crippen molar-refractivity contribution >= 4 is 17.1 Å². The number of aliphatic hydroxyl groups is 4. The molecule has 0 amide bonds. The fourth-order valence-electron chi connectivity index (χ4n) is 4.28. The average molecular weight is 418 g/mol. The summed E-state index contributed by atoms with van der Waals surface area (Å²) in [7, 11) is 0. The highest BCUT2D eigenvalue weighted by molar-refractivity contribution is 5.71. The molecule has 5 atom stereocenters. The Morgan fingerprint density at radius 2 is 2.13 bits per heavy atom. The third-order valence-corrected chi connectivity index (χ3v) is 5.79. The van der Waals surface area contributed by atoms with E-state index in [1.165, 1.54) is 10.9 Å². The first kappa shape index (κ1) is 19.2. The van der Waals surface area contributed by atoms with Gasteiger partial charge in [-0.3, -0.25) is 14.3 Å². The maximum atomic E-state index is 12.5. The van der Waals surface area contributed by atoms with Gasteiger partial charge in [0.05, 0.1) is 25.6 Å². The summed E-state index contributed by atoms with van der Waals surface area (Å²) in [4.78, 5) is 23.7. The highest BCUT2D eigenvalue weighted by Gasteiger charge is 2.44. The molecule has 2 aliphatic rings. The number of aromatic nitrogens is 5. The lowest BCUT2D eigenvalue weighted by atomic mass is 10.1. The molecule has 30 heavy (non-hydrogen) atoms. The van der Waals surface area contributed by atoms with Gasteiger partial charge in [-0.2, -0.15) is 4.98 Å². The topological polar surface area (TPSA) is 171 Å². The van der Waals surface area contributed by atoms with E-state index in [2.05, 4.69) is 20.3 Å². The molecular formula is C18H22N6O6. The Bertz CT molecular complexity index is 1140. The minimum atomic E-state index is -1.32. The molecule has 6 N–H and O–H groups in total. The highest BCUT2D eigenvalue weighted by Crippen LogP contribution is 2.33. The summed E-state index contributed by atoms with van der Waals surface area (Å²) in [5.74, 6) is 0.213. The Kier molecular flexibility index (Phi) is 4.60. The van der Waals surface area contributed by atoms with E-state index in [1.807, 2.05) is 16.8 Å². The summed E-state index contributed by atoms with van der Waals surface area (Å²) < 4.78 is 8.95. The maximum absolute atomic E-state index is 12.5. The van der Waals surface area contributed by atoms with Gasteiger partial charge in [0, 0.05) is 24.0 Å². The molecule has 0 aliphatic carbocycles. The van der Waals surface area contributed by atoms with Crippen LogP contribution in [0.15, 0.2) is 23.4 Å². The van der Waals surface area contributed by atoms with Crippen LogP contribution in [0.3, 0.4) is 0 Å². The van der Waals surface area contributed by atoms with Crippen LogP contribution in [-0.2, 0) is 17.9 Å². The number of hydrogen-bond acceptors (Lipinski definition) is 9. The second-order valence-corrected chi connectivity index (χ2v) is 7.53. The van der Waals surface area contributed by atoms with Crippen LogP contribution in [0.5, 0.6) is 0 Å². The zero-order chi connectivity index (χ0) is 21.0. The van der Waals surface area contributed by atoms with E-state index in [0.29, 0.717) is 0 Å². The molecule has 0 spiro atoms. The van der Waals surface area contributed by atoms with E-state index in [9.17, 15) is 25.2 Å². The number of H-pyrrole nitrogens is 1. The van der Waals surface area contributed by atoms with Gasteiger partial charge < -0.3 is 35.0 Å². The number of hydrogen-bond donors (Lipinski definition) is 6. The van der Waals surface area contributed by atoms with Gasteiger partial charge >= 0.3 is 0 Å². The van der Waals surface area contributed by atoms with Crippen LogP contribution in [0.4, 0.5) is 5.95 Å². The van der Waals surface area contributed by atoms with Crippen LogP contribution in [-0.4, -0.2) is 69.4 Å². The van der Waals surface area contributed by atoms with E-state index in [4.69, 9.17) is 4.74 Å². The fourth-order valence-corrected chi connectivity index (χ4v) is 4.28. The van der Waals surface area contributed by atoms with Crippen LogP contribution in [0, 0.1) is 0 Å². The summed E-state index contributed by atoms with van der Waals surface area (Å²) >= 11 is 0. The van der Waals surface area contributed by atoms with E-state index in [-0.39, 0.29) is 29.8 Å². The Labute approximate surface area is 169 Å². The molecule has 1 saturated heterocycles. The number of aryl methyl sites for hydroxylation is 1. The van der Waals surface area contributed by atoms with Gasteiger partial charge in [0.15, 0.2) is 17.4 Å². The lowest BCUT2D eigenvalue weighted by Crippen LogP contribution is -2.33. The molecule has 1 fully saturated rings. The van der Waals surface area contributed by atoms with Gasteiger partial charge in [-0.15, -0.1) is 0 Å². The summed E-state index contributed by atoms with van der Waals surface area (Å²) in [6.45, 7) is 0.234. The van der Waals surface area contributed by atoms with Gasteiger partial charge in [0.25, 0.3) is 5.56 Å². The summed E-state index contributed by atoms with van der Waals surface area (Å²) in [6, 6.07) is 1.72. The van der Waals surface area contributed by atoms with Crippen molar-refractivity contribution in [2.24, 2.45) is 0 Å². The quantitative estimate of drug-likeness (QED) is 0.291. The van der Waals surface area contributed by atoms with Gasteiger partial charge in [-0.1, -0.05) is 0 Å². The number of fused-ring (bicyclic) bond motifs is 2. The molecule has 3 aromatic heterocycles. The predicted octanol–water partition coefficient (Wildman–Crippen LogP) is -1.42. The van der Waals surface area contributed by atoms with Crippen molar-refractivity contribution in [2.75, 3.05) is 11.9 Å². The molecule has 0 unspecified atom stereocenters. The molecule has 2 aliphatic heterocycles. The third kappa shape index (κ3) is 2.84. The van der Waals surface area contributed by atoms with Crippen molar-refractivity contribution in [3.8, 4) is 0 Å². The standard InChI is InChI=1S/C18H22N6O6/c25-5-8-1-3-23-4-2-9(12(8)23)20-18-21-15-11(16(29)22-18)19-7-24(15)17-14(28)13(27)10(6-26)30-17/h1,3,7,9-10,13-14,17,25-28H,2,4-6H2,(H2,20,21,22,29)/t9-,10-,13-,14-,17-/m1/s1. The van der Waals surface area contributed by atoms with Crippen molar-refractivity contribution in [3.63, 3.8) is 0 Å². The molecule has 0 radical (unpaired) electrons. The molecule has 160 valence electrons. The van der Waals surface area contributed by atoms with E-state index < -0.39 is 36.7 Å². The monoisotopic (exact) mass is 418 g/mol. The van der Waals surface area contributed by atoms with Crippen LogP contribution in [0.1, 0.15) is 29.9 Å². The summed E-state index contributed by atoms with van der Waals surface area (Å²) in [5, 5.41) is 42.4. The Balaban J connectivity index is 1.50. The second-order valence-electron chi connectivity index (χ2n) is 7.53. The number of nitrogens with one attached hydrogen (secondary N) is 2.